The van der Waals surface area contributed by atoms with Crippen LogP contribution in [-0.4, -0.2) is 19.1 Å². The number of anilines is 3. The fourth-order valence-electron chi connectivity index (χ4n) is 3.78. The van der Waals surface area contributed by atoms with E-state index in [4.69, 9.17) is 0 Å². The largest absolute Gasteiger partial charge is 0.370 e. The highest BCUT2D eigenvalue weighted by Gasteiger charge is 2.28. The van der Waals surface area contributed by atoms with Crippen molar-refractivity contribution in [1.29, 1.82) is 5.26 Å². The number of likely N-dealkylation sites (N-methyl/N-ethyl adjacent to an activating group) is 1. The minimum Gasteiger partial charge on any atom is -0.370 e. The SMILES string of the molecule is CCN(CC(C)N1c2ccccc2Sc2ccc(C#N)cc21)c1ccccc1. The monoisotopic (exact) mass is 385 g/mol. The summed E-state index contributed by atoms with van der Waals surface area (Å²) in [6.45, 7) is 6.31. The van der Waals surface area contributed by atoms with E-state index >= 15 is 0 Å². The first-order chi connectivity index (χ1) is 13.7. The molecule has 0 bridgehead atoms. The van der Waals surface area contributed by atoms with Crippen LogP contribution >= 0.6 is 11.8 Å². The molecule has 4 heteroatoms. The van der Waals surface area contributed by atoms with Crippen LogP contribution in [0.1, 0.15) is 19.4 Å². The Labute approximate surface area is 171 Å². The molecular weight excluding hydrogens is 362 g/mol. The molecule has 1 unspecified atom stereocenters. The summed E-state index contributed by atoms with van der Waals surface area (Å²) < 4.78 is 0. The summed E-state index contributed by atoms with van der Waals surface area (Å²) in [4.78, 5) is 7.26. The Morgan fingerprint density at radius 1 is 0.964 bits per heavy atom. The third kappa shape index (κ3) is 3.46. The Morgan fingerprint density at radius 3 is 2.43 bits per heavy atom. The van der Waals surface area contributed by atoms with E-state index in [1.807, 2.05) is 12.1 Å². The maximum Gasteiger partial charge on any atom is 0.0992 e. The minimum absolute atomic E-state index is 0.245. The van der Waals surface area contributed by atoms with Crippen molar-refractivity contribution < 1.29 is 0 Å². The Hall–Kier alpha value is -2.90. The molecule has 0 N–H and O–H groups in total. The molecule has 0 aliphatic carbocycles. The number of rotatable bonds is 5. The van der Waals surface area contributed by atoms with Gasteiger partial charge >= 0.3 is 0 Å². The van der Waals surface area contributed by atoms with Crippen molar-refractivity contribution in [3.63, 3.8) is 0 Å². The minimum atomic E-state index is 0.245. The first-order valence-corrected chi connectivity index (χ1v) is 10.4. The van der Waals surface area contributed by atoms with Gasteiger partial charge in [-0.25, -0.2) is 0 Å². The average molecular weight is 386 g/mol. The van der Waals surface area contributed by atoms with Gasteiger partial charge in [-0.3, -0.25) is 0 Å². The Kier molecular flexibility index (Phi) is 5.27. The predicted molar refractivity (Wildman–Crippen MR) is 118 cm³/mol. The second-order valence-corrected chi connectivity index (χ2v) is 8.04. The molecule has 0 spiro atoms. The molecule has 3 aromatic rings. The summed E-state index contributed by atoms with van der Waals surface area (Å²) in [5.41, 5.74) is 4.28. The first-order valence-electron chi connectivity index (χ1n) is 9.61. The van der Waals surface area contributed by atoms with E-state index in [2.05, 4.69) is 90.4 Å². The van der Waals surface area contributed by atoms with E-state index in [-0.39, 0.29) is 6.04 Å². The number of para-hydroxylation sites is 2. The smallest absolute Gasteiger partial charge is 0.0992 e. The van der Waals surface area contributed by atoms with Crippen LogP contribution in [0.25, 0.3) is 0 Å². The molecule has 0 aromatic heterocycles. The molecule has 0 fully saturated rings. The zero-order valence-electron chi connectivity index (χ0n) is 16.2. The standard InChI is InChI=1S/C24H23N3S/c1-3-26(20-9-5-4-6-10-20)17-18(2)27-21-11-7-8-12-23(21)28-24-14-13-19(16-25)15-22(24)27/h4-15,18H,3,17H2,1-2H3. The molecule has 0 saturated heterocycles. The highest BCUT2D eigenvalue weighted by molar-refractivity contribution is 7.99. The molecule has 1 atom stereocenters. The molecule has 28 heavy (non-hydrogen) atoms. The lowest BCUT2D eigenvalue weighted by molar-refractivity contribution is 0.663. The second kappa shape index (κ2) is 8.00. The van der Waals surface area contributed by atoms with E-state index in [9.17, 15) is 5.26 Å². The lowest BCUT2D eigenvalue weighted by Gasteiger charge is -2.39. The Bertz CT molecular complexity index is 1010. The van der Waals surface area contributed by atoms with Gasteiger partial charge in [0.1, 0.15) is 0 Å². The van der Waals surface area contributed by atoms with Gasteiger partial charge in [0.2, 0.25) is 0 Å². The van der Waals surface area contributed by atoms with E-state index < -0.39 is 0 Å². The molecule has 1 aliphatic heterocycles. The van der Waals surface area contributed by atoms with Crippen molar-refractivity contribution in [3.05, 3.63) is 78.4 Å². The summed E-state index contributed by atoms with van der Waals surface area (Å²) in [7, 11) is 0. The maximum absolute atomic E-state index is 9.41. The normalized spacial score (nSPS) is 13.2. The quantitative estimate of drug-likeness (QED) is 0.533. The number of hydrogen-bond donors (Lipinski definition) is 0. The van der Waals surface area contributed by atoms with Gasteiger partial charge < -0.3 is 9.80 Å². The predicted octanol–water partition coefficient (Wildman–Crippen LogP) is 6.08. The molecule has 4 rings (SSSR count). The summed E-state index contributed by atoms with van der Waals surface area (Å²) >= 11 is 1.78. The highest BCUT2D eigenvalue weighted by Crippen LogP contribution is 2.49. The van der Waals surface area contributed by atoms with Crippen molar-refractivity contribution >= 4 is 28.8 Å². The summed E-state index contributed by atoms with van der Waals surface area (Å²) in [5.74, 6) is 0. The summed E-state index contributed by atoms with van der Waals surface area (Å²) in [6.07, 6.45) is 0. The van der Waals surface area contributed by atoms with Crippen molar-refractivity contribution in [2.45, 2.75) is 29.7 Å². The number of nitrogens with zero attached hydrogens (tertiary/aromatic N) is 3. The molecule has 3 nitrogen and oxygen atoms in total. The summed E-state index contributed by atoms with van der Waals surface area (Å²) in [5, 5.41) is 9.41. The fourth-order valence-corrected chi connectivity index (χ4v) is 4.84. The molecular formula is C24H23N3S. The Morgan fingerprint density at radius 2 is 1.68 bits per heavy atom. The first kappa shape index (κ1) is 18.5. The van der Waals surface area contributed by atoms with Gasteiger partial charge in [0.05, 0.1) is 23.0 Å². The molecule has 1 heterocycles. The molecule has 0 saturated carbocycles. The van der Waals surface area contributed by atoms with Crippen LogP contribution in [0.5, 0.6) is 0 Å². The molecule has 140 valence electrons. The van der Waals surface area contributed by atoms with Crippen LogP contribution < -0.4 is 9.80 Å². The van der Waals surface area contributed by atoms with Crippen LogP contribution in [0.4, 0.5) is 17.1 Å². The van der Waals surface area contributed by atoms with E-state index in [1.165, 1.54) is 21.2 Å². The molecule has 0 radical (unpaired) electrons. The molecule has 0 amide bonds. The van der Waals surface area contributed by atoms with Crippen molar-refractivity contribution in [2.75, 3.05) is 22.9 Å². The fraction of sp³-hybridized carbons (Fsp3) is 0.208. The van der Waals surface area contributed by atoms with Crippen LogP contribution in [0, 0.1) is 11.3 Å². The number of fused-ring (bicyclic) bond motifs is 2. The number of hydrogen-bond acceptors (Lipinski definition) is 4. The van der Waals surface area contributed by atoms with Crippen LogP contribution in [0.3, 0.4) is 0 Å². The van der Waals surface area contributed by atoms with Crippen LogP contribution in [0.15, 0.2) is 82.6 Å². The third-order valence-electron chi connectivity index (χ3n) is 5.12. The Balaban J connectivity index is 1.73. The van der Waals surface area contributed by atoms with E-state index in [1.54, 1.807) is 11.8 Å². The van der Waals surface area contributed by atoms with E-state index in [0.29, 0.717) is 5.56 Å². The zero-order chi connectivity index (χ0) is 19.5. The number of benzene rings is 3. The highest BCUT2D eigenvalue weighted by atomic mass is 32.2. The zero-order valence-corrected chi connectivity index (χ0v) is 17.0. The number of nitriles is 1. The molecule has 1 aliphatic rings. The topological polar surface area (TPSA) is 30.3 Å². The van der Waals surface area contributed by atoms with Gasteiger partial charge in [0.15, 0.2) is 0 Å². The average Bonchev–Trinajstić information content (AvgIpc) is 2.75. The maximum atomic E-state index is 9.41. The van der Waals surface area contributed by atoms with Gasteiger partial charge in [0.25, 0.3) is 0 Å². The second-order valence-electron chi connectivity index (χ2n) is 6.96. The summed E-state index contributed by atoms with van der Waals surface area (Å²) in [6, 6.07) is 27.6. The van der Waals surface area contributed by atoms with Gasteiger partial charge in [-0.2, -0.15) is 5.26 Å². The van der Waals surface area contributed by atoms with Gasteiger partial charge in [0, 0.05) is 34.6 Å². The third-order valence-corrected chi connectivity index (χ3v) is 6.25. The lowest BCUT2D eigenvalue weighted by atomic mass is 10.1. The van der Waals surface area contributed by atoms with Crippen LogP contribution in [0.2, 0.25) is 0 Å². The van der Waals surface area contributed by atoms with Crippen LogP contribution in [-0.2, 0) is 0 Å². The van der Waals surface area contributed by atoms with Gasteiger partial charge in [-0.15, -0.1) is 0 Å². The van der Waals surface area contributed by atoms with Crippen molar-refractivity contribution in [3.8, 4) is 6.07 Å². The van der Waals surface area contributed by atoms with Crippen molar-refractivity contribution in [1.82, 2.24) is 0 Å². The lowest BCUT2D eigenvalue weighted by Crippen LogP contribution is -2.41. The van der Waals surface area contributed by atoms with E-state index in [0.717, 1.165) is 18.8 Å². The van der Waals surface area contributed by atoms with Gasteiger partial charge in [-0.1, -0.05) is 42.1 Å². The molecule has 3 aromatic carbocycles. The van der Waals surface area contributed by atoms with Crippen molar-refractivity contribution in [2.24, 2.45) is 0 Å². The van der Waals surface area contributed by atoms with Gasteiger partial charge in [-0.05, 0) is 56.3 Å².